The van der Waals surface area contributed by atoms with E-state index in [9.17, 15) is 14.4 Å². The van der Waals surface area contributed by atoms with Gasteiger partial charge in [0.1, 0.15) is 23.6 Å². The minimum atomic E-state index is -0.933. The average Bonchev–Trinajstić information content (AvgIpc) is 3.25. The van der Waals surface area contributed by atoms with Gasteiger partial charge in [-0.2, -0.15) is 11.8 Å². The standard InChI is InChI=1S/C24H26N2O5S/c1-4-30-21-12-15-11-14(2)31-20(15)13-18(21)25-22(27)19(9-10-32-3)26-23(28)16-7-5-6-8-17(16)24(26)29/h5-8,12-14,19H,4,9-11H2,1-3H3,(H,25,27)/t14-,19+/m0/s1. The molecule has 3 amide bonds. The second-order valence-electron chi connectivity index (χ2n) is 7.83. The Kier molecular flexibility index (Phi) is 6.41. The van der Waals surface area contributed by atoms with Gasteiger partial charge in [0.05, 0.1) is 23.4 Å². The Morgan fingerprint density at radius 2 is 1.94 bits per heavy atom. The molecule has 168 valence electrons. The number of imide groups is 1. The van der Waals surface area contributed by atoms with Gasteiger partial charge in [-0.3, -0.25) is 19.3 Å². The number of hydrogen-bond acceptors (Lipinski definition) is 6. The third-order valence-corrected chi connectivity index (χ3v) is 6.24. The molecule has 0 bridgehead atoms. The lowest BCUT2D eigenvalue weighted by atomic mass is 10.1. The smallest absolute Gasteiger partial charge is 0.262 e. The topological polar surface area (TPSA) is 84.9 Å². The first-order valence-corrected chi connectivity index (χ1v) is 12.1. The average molecular weight is 455 g/mol. The highest BCUT2D eigenvalue weighted by Crippen LogP contribution is 2.38. The van der Waals surface area contributed by atoms with Gasteiger partial charge >= 0.3 is 0 Å². The number of benzene rings is 2. The summed E-state index contributed by atoms with van der Waals surface area (Å²) in [7, 11) is 0. The van der Waals surface area contributed by atoms with E-state index in [0.717, 1.165) is 16.9 Å². The van der Waals surface area contributed by atoms with Gasteiger partial charge in [0.2, 0.25) is 5.91 Å². The molecule has 2 aromatic carbocycles. The van der Waals surface area contributed by atoms with Gasteiger partial charge < -0.3 is 14.8 Å². The van der Waals surface area contributed by atoms with E-state index in [1.807, 2.05) is 26.2 Å². The summed E-state index contributed by atoms with van der Waals surface area (Å²) < 4.78 is 11.6. The highest BCUT2D eigenvalue weighted by molar-refractivity contribution is 7.98. The number of carbonyl (C=O) groups is 3. The highest BCUT2D eigenvalue weighted by atomic mass is 32.2. The van der Waals surface area contributed by atoms with Crippen molar-refractivity contribution in [3.63, 3.8) is 0 Å². The number of thioether (sulfide) groups is 1. The Balaban J connectivity index is 1.63. The van der Waals surface area contributed by atoms with Crippen molar-refractivity contribution in [2.24, 2.45) is 0 Å². The maximum absolute atomic E-state index is 13.4. The van der Waals surface area contributed by atoms with Crippen molar-refractivity contribution >= 4 is 35.2 Å². The number of anilines is 1. The Morgan fingerprint density at radius 3 is 2.56 bits per heavy atom. The number of hydrogen-bond donors (Lipinski definition) is 1. The van der Waals surface area contributed by atoms with E-state index in [2.05, 4.69) is 5.32 Å². The number of nitrogens with zero attached hydrogens (tertiary/aromatic N) is 1. The SMILES string of the molecule is CCOc1cc2c(cc1NC(=O)[C@@H](CCSC)N1C(=O)c3ccccc3C1=O)O[C@@H](C)C2. The maximum Gasteiger partial charge on any atom is 0.262 e. The lowest BCUT2D eigenvalue weighted by Gasteiger charge is -2.25. The van der Waals surface area contributed by atoms with Gasteiger partial charge in [-0.1, -0.05) is 12.1 Å². The molecule has 0 aromatic heterocycles. The van der Waals surface area contributed by atoms with Gasteiger partial charge in [-0.05, 0) is 50.5 Å². The van der Waals surface area contributed by atoms with E-state index < -0.39 is 23.8 Å². The fraction of sp³-hybridized carbons (Fsp3) is 0.375. The van der Waals surface area contributed by atoms with Gasteiger partial charge in [0, 0.05) is 18.1 Å². The van der Waals surface area contributed by atoms with Crippen LogP contribution in [0.3, 0.4) is 0 Å². The molecule has 0 saturated heterocycles. The van der Waals surface area contributed by atoms with Gasteiger partial charge in [-0.15, -0.1) is 0 Å². The van der Waals surface area contributed by atoms with Crippen LogP contribution < -0.4 is 14.8 Å². The quantitative estimate of drug-likeness (QED) is 0.612. The van der Waals surface area contributed by atoms with Gasteiger partial charge in [0.15, 0.2) is 0 Å². The summed E-state index contributed by atoms with van der Waals surface area (Å²) in [5.74, 6) is 0.557. The Morgan fingerprint density at radius 1 is 1.25 bits per heavy atom. The van der Waals surface area contributed by atoms with Crippen LogP contribution in [0.2, 0.25) is 0 Å². The number of carbonyl (C=O) groups excluding carboxylic acids is 3. The normalized spacial score (nSPS) is 17.6. The van der Waals surface area contributed by atoms with Crippen molar-refractivity contribution < 1.29 is 23.9 Å². The third kappa shape index (κ3) is 4.07. The Hall–Kier alpha value is -3.00. The van der Waals surface area contributed by atoms with Gasteiger partial charge in [-0.25, -0.2) is 0 Å². The number of fused-ring (bicyclic) bond motifs is 2. The summed E-state index contributed by atoms with van der Waals surface area (Å²) in [5, 5.41) is 2.89. The first-order valence-electron chi connectivity index (χ1n) is 10.7. The molecule has 1 N–H and O–H groups in total. The summed E-state index contributed by atoms with van der Waals surface area (Å²) in [5.41, 5.74) is 2.15. The molecule has 7 nitrogen and oxygen atoms in total. The molecule has 8 heteroatoms. The molecule has 2 heterocycles. The fourth-order valence-electron chi connectivity index (χ4n) is 4.13. The zero-order chi connectivity index (χ0) is 22.8. The summed E-state index contributed by atoms with van der Waals surface area (Å²) in [6.07, 6.45) is 3.09. The molecule has 0 radical (unpaired) electrons. The molecule has 32 heavy (non-hydrogen) atoms. The van der Waals surface area contributed by atoms with Crippen molar-refractivity contribution in [1.29, 1.82) is 0 Å². The lowest BCUT2D eigenvalue weighted by molar-refractivity contribution is -0.120. The van der Waals surface area contributed by atoms with E-state index >= 15 is 0 Å². The second kappa shape index (κ2) is 9.24. The van der Waals surface area contributed by atoms with E-state index in [0.29, 0.717) is 47.1 Å². The van der Waals surface area contributed by atoms with Crippen molar-refractivity contribution in [3.05, 3.63) is 53.1 Å². The van der Waals surface area contributed by atoms with Crippen LogP contribution in [0.5, 0.6) is 11.5 Å². The van der Waals surface area contributed by atoms with Crippen LogP contribution in [0.4, 0.5) is 5.69 Å². The zero-order valence-corrected chi connectivity index (χ0v) is 19.2. The predicted octanol–water partition coefficient (Wildman–Crippen LogP) is 3.77. The molecule has 2 aromatic rings. The Bertz CT molecular complexity index is 1040. The summed E-state index contributed by atoms with van der Waals surface area (Å²) >= 11 is 1.55. The first kappa shape index (κ1) is 22.2. The monoisotopic (exact) mass is 454 g/mol. The van der Waals surface area contributed by atoms with Crippen LogP contribution in [-0.2, 0) is 11.2 Å². The lowest BCUT2D eigenvalue weighted by Crippen LogP contribution is -2.47. The van der Waals surface area contributed by atoms with Crippen molar-refractivity contribution in [2.75, 3.05) is 23.9 Å². The van der Waals surface area contributed by atoms with E-state index in [4.69, 9.17) is 9.47 Å². The highest BCUT2D eigenvalue weighted by Gasteiger charge is 2.42. The van der Waals surface area contributed by atoms with Crippen molar-refractivity contribution in [3.8, 4) is 11.5 Å². The molecule has 0 unspecified atom stereocenters. The number of amides is 3. The molecule has 2 aliphatic heterocycles. The minimum Gasteiger partial charge on any atom is -0.492 e. The number of ether oxygens (including phenoxy) is 2. The van der Waals surface area contributed by atoms with Crippen LogP contribution >= 0.6 is 11.8 Å². The maximum atomic E-state index is 13.4. The predicted molar refractivity (Wildman–Crippen MR) is 124 cm³/mol. The first-order chi connectivity index (χ1) is 15.4. The molecule has 0 spiro atoms. The van der Waals surface area contributed by atoms with Crippen molar-refractivity contribution in [1.82, 2.24) is 4.90 Å². The van der Waals surface area contributed by atoms with Crippen LogP contribution in [0.15, 0.2) is 36.4 Å². The molecule has 0 aliphatic carbocycles. The molecule has 0 fully saturated rings. The van der Waals surface area contributed by atoms with Crippen LogP contribution in [-0.4, -0.2) is 53.4 Å². The van der Waals surface area contributed by atoms with Crippen LogP contribution in [0.25, 0.3) is 0 Å². The molecule has 4 rings (SSSR count). The summed E-state index contributed by atoms with van der Waals surface area (Å²) in [6, 6.07) is 9.37. The number of rotatable bonds is 8. The second-order valence-corrected chi connectivity index (χ2v) is 8.82. The van der Waals surface area contributed by atoms with Gasteiger partial charge in [0.25, 0.3) is 11.8 Å². The largest absolute Gasteiger partial charge is 0.492 e. The zero-order valence-electron chi connectivity index (χ0n) is 18.3. The molecule has 2 atom stereocenters. The molecular formula is C24H26N2O5S. The van der Waals surface area contributed by atoms with Crippen LogP contribution in [0.1, 0.15) is 46.5 Å². The van der Waals surface area contributed by atoms with E-state index in [1.165, 1.54) is 0 Å². The summed E-state index contributed by atoms with van der Waals surface area (Å²) in [4.78, 5) is 40.5. The molecular weight excluding hydrogens is 428 g/mol. The number of nitrogens with one attached hydrogen (secondary N) is 1. The van der Waals surface area contributed by atoms with Crippen molar-refractivity contribution in [2.45, 2.75) is 38.8 Å². The van der Waals surface area contributed by atoms with Crippen LogP contribution in [0, 0.1) is 0 Å². The third-order valence-electron chi connectivity index (χ3n) is 5.59. The molecule has 2 aliphatic rings. The van der Waals surface area contributed by atoms with E-state index in [-0.39, 0.29) is 6.10 Å². The minimum absolute atomic E-state index is 0.0538. The fourth-order valence-corrected chi connectivity index (χ4v) is 4.58. The van der Waals surface area contributed by atoms with E-state index in [1.54, 1.807) is 42.1 Å². The molecule has 0 saturated carbocycles. The summed E-state index contributed by atoms with van der Waals surface area (Å²) in [6.45, 7) is 4.30. The Labute approximate surface area is 191 Å².